The zero-order chi connectivity index (χ0) is 27.3. The Morgan fingerprint density at radius 3 is 2.22 bits per heavy atom. The number of hydrogen-bond acceptors (Lipinski definition) is 4. The number of amides is 2. The number of rotatable bonds is 9. The number of hydrogen-bond donors (Lipinski definition) is 1. The highest BCUT2D eigenvalue weighted by Gasteiger charge is 2.33. The normalized spacial score (nSPS) is 12.1. The molecule has 0 spiro atoms. The van der Waals surface area contributed by atoms with Crippen LogP contribution >= 0.6 is 34.8 Å². The van der Waals surface area contributed by atoms with E-state index in [0.29, 0.717) is 10.6 Å². The Kier molecular flexibility index (Phi) is 9.47. The molecular weight excluding hydrogens is 557 g/mol. The van der Waals surface area contributed by atoms with Crippen molar-refractivity contribution >= 4 is 62.3 Å². The highest BCUT2D eigenvalue weighted by atomic mass is 35.5. The first-order valence-corrected chi connectivity index (χ1v) is 13.8. The second-order valence-electron chi connectivity index (χ2n) is 8.32. The van der Waals surface area contributed by atoms with E-state index in [1.807, 2.05) is 6.92 Å². The van der Waals surface area contributed by atoms with Gasteiger partial charge in [0.2, 0.25) is 11.8 Å². The van der Waals surface area contributed by atoms with Gasteiger partial charge >= 0.3 is 0 Å². The summed E-state index contributed by atoms with van der Waals surface area (Å²) in [6, 6.07) is 16.6. The number of likely N-dealkylation sites (N-methyl/N-ethyl adjacent to an activating group) is 1. The number of carbonyl (C=O) groups excluding carboxylic acids is 2. The molecule has 1 N–H and O–H groups in total. The van der Waals surface area contributed by atoms with Gasteiger partial charge in [0.05, 0.1) is 15.6 Å². The molecule has 0 fully saturated rings. The molecule has 0 aromatic heterocycles. The monoisotopic (exact) mass is 581 g/mol. The Hall–Kier alpha value is -2.78. The van der Waals surface area contributed by atoms with E-state index in [1.54, 1.807) is 43.3 Å². The number of benzene rings is 3. The smallest absolute Gasteiger partial charge is 0.264 e. The number of sulfonamides is 1. The zero-order valence-electron chi connectivity index (χ0n) is 20.4. The van der Waals surface area contributed by atoms with Crippen LogP contribution in [-0.4, -0.2) is 44.8 Å². The standard InChI is InChI=1S/C26H26Cl3N3O4S/c1-17-8-11-21(12-9-17)37(35,36)32(24-14-20(27)10-13-23(24)29)16-25(33)31(18(2)26(34)30-3)15-19-6-4-5-7-22(19)28/h4-14,18H,15-16H2,1-3H3,(H,30,34). The molecule has 0 bridgehead atoms. The van der Waals surface area contributed by atoms with Gasteiger partial charge in [0.1, 0.15) is 12.6 Å². The van der Waals surface area contributed by atoms with E-state index in [-0.39, 0.29) is 27.2 Å². The van der Waals surface area contributed by atoms with E-state index in [0.717, 1.165) is 9.87 Å². The highest BCUT2D eigenvalue weighted by molar-refractivity contribution is 7.92. The van der Waals surface area contributed by atoms with E-state index < -0.39 is 34.4 Å². The summed E-state index contributed by atoms with van der Waals surface area (Å²) in [7, 11) is -2.80. The number of carbonyl (C=O) groups is 2. The number of aryl methyl sites for hydroxylation is 1. The molecule has 3 aromatic carbocycles. The van der Waals surface area contributed by atoms with E-state index in [4.69, 9.17) is 34.8 Å². The molecule has 3 rings (SSSR count). The van der Waals surface area contributed by atoms with Crippen LogP contribution in [0.1, 0.15) is 18.1 Å². The number of nitrogens with one attached hydrogen (secondary N) is 1. The van der Waals surface area contributed by atoms with Crippen molar-refractivity contribution in [2.75, 3.05) is 17.9 Å². The van der Waals surface area contributed by atoms with Crippen molar-refractivity contribution in [1.29, 1.82) is 0 Å². The molecule has 2 amide bonds. The Morgan fingerprint density at radius 1 is 0.946 bits per heavy atom. The predicted octanol–water partition coefficient (Wildman–Crippen LogP) is 5.31. The zero-order valence-corrected chi connectivity index (χ0v) is 23.5. The lowest BCUT2D eigenvalue weighted by molar-refractivity contribution is -0.139. The van der Waals surface area contributed by atoms with Gasteiger partial charge in [-0.1, -0.05) is 70.7 Å². The topological polar surface area (TPSA) is 86.8 Å². The maximum Gasteiger partial charge on any atom is 0.264 e. The lowest BCUT2D eigenvalue weighted by Crippen LogP contribution is -2.50. The summed E-state index contributed by atoms with van der Waals surface area (Å²) in [6.45, 7) is 2.73. The summed E-state index contributed by atoms with van der Waals surface area (Å²) in [5.41, 5.74) is 1.50. The van der Waals surface area contributed by atoms with Gasteiger partial charge in [-0.25, -0.2) is 8.42 Å². The third-order valence-corrected chi connectivity index (χ3v) is 8.47. The van der Waals surface area contributed by atoms with Crippen LogP contribution in [0.3, 0.4) is 0 Å². The van der Waals surface area contributed by atoms with Crippen molar-refractivity contribution in [3.63, 3.8) is 0 Å². The van der Waals surface area contributed by atoms with Crippen LogP contribution in [0.5, 0.6) is 0 Å². The second-order valence-corrected chi connectivity index (χ2v) is 11.4. The van der Waals surface area contributed by atoms with Crippen LogP contribution in [-0.2, 0) is 26.2 Å². The van der Waals surface area contributed by atoms with Gasteiger partial charge in [-0.15, -0.1) is 0 Å². The minimum absolute atomic E-state index is 0.0191. The van der Waals surface area contributed by atoms with Gasteiger partial charge in [-0.05, 0) is 55.8 Å². The molecular formula is C26H26Cl3N3O4S. The molecule has 1 unspecified atom stereocenters. The molecule has 0 aliphatic heterocycles. The largest absolute Gasteiger partial charge is 0.357 e. The van der Waals surface area contributed by atoms with Crippen LogP contribution < -0.4 is 9.62 Å². The summed E-state index contributed by atoms with van der Waals surface area (Å²) in [5.74, 6) is -1.06. The Bertz CT molecular complexity index is 1400. The highest BCUT2D eigenvalue weighted by Crippen LogP contribution is 2.33. The van der Waals surface area contributed by atoms with Crippen LogP contribution in [0.15, 0.2) is 71.6 Å². The summed E-state index contributed by atoms with van der Waals surface area (Å²) in [6.07, 6.45) is 0. The first-order valence-electron chi connectivity index (χ1n) is 11.2. The Morgan fingerprint density at radius 2 is 1.59 bits per heavy atom. The van der Waals surface area contributed by atoms with Crippen LogP contribution in [0.25, 0.3) is 0 Å². The van der Waals surface area contributed by atoms with Gasteiger partial charge in [0.15, 0.2) is 0 Å². The van der Waals surface area contributed by atoms with Gasteiger partial charge in [0, 0.05) is 23.6 Å². The number of halogens is 3. The number of nitrogens with zero attached hydrogens (tertiary/aromatic N) is 2. The molecule has 196 valence electrons. The van der Waals surface area contributed by atoms with Gasteiger partial charge in [-0.3, -0.25) is 13.9 Å². The quantitative estimate of drug-likeness (QED) is 0.370. The van der Waals surface area contributed by atoms with E-state index >= 15 is 0 Å². The van der Waals surface area contributed by atoms with Crippen LogP contribution in [0.2, 0.25) is 15.1 Å². The van der Waals surface area contributed by atoms with Gasteiger partial charge in [-0.2, -0.15) is 0 Å². The first kappa shape index (κ1) is 28.8. The summed E-state index contributed by atoms with van der Waals surface area (Å²) < 4.78 is 28.5. The van der Waals surface area contributed by atoms with Crippen molar-refractivity contribution in [2.24, 2.45) is 0 Å². The number of anilines is 1. The molecule has 0 heterocycles. The summed E-state index contributed by atoms with van der Waals surface area (Å²) >= 11 is 18.9. The minimum Gasteiger partial charge on any atom is -0.357 e. The van der Waals surface area contributed by atoms with Gasteiger partial charge < -0.3 is 10.2 Å². The predicted molar refractivity (Wildman–Crippen MR) is 148 cm³/mol. The molecule has 0 aliphatic carbocycles. The molecule has 0 saturated heterocycles. The maximum absolute atomic E-state index is 13.8. The Balaban J connectivity index is 2.09. The fourth-order valence-corrected chi connectivity index (χ4v) is 5.69. The van der Waals surface area contributed by atoms with Gasteiger partial charge in [0.25, 0.3) is 10.0 Å². The summed E-state index contributed by atoms with van der Waals surface area (Å²) in [5, 5.41) is 3.26. The minimum atomic E-state index is -4.26. The van der Waals surface area contributed by atoms with Crippen molar-refractivity contribution in [1.82, 2.24) is 10.2 Å². The van der Waals surface area contributed by atoms with E-state index in [2.05, 4.69) is 5.32 Å². The SMILES string of the molecule is CNC(=O)C(C)N(Cc1ccccc1Cl)C(=O)CN(c1cc(Cl)ccc1Cl)S(=O)(=O)c1ccc(C)cc1. The van der Waals surface area contributed by atoms with Crippen molar-refractivity contribution in [3.8, 4) is 0 Å². The van der Waals surface area contributed by atoms with E-state index in [1.165, 1.54) is 42.3 Å². The molecule has 3 aromatic rings. The molecule has 37 heavy (non-hydrogen) atoms. The van der Waals surface area contributed by atoms with Crippen molar-refractivity contribution < 1.29 is 18.0 Å². The van der Waals surface area contributed by atoms with Crippen LogP contribution in [0, 0.1) is 6.92 Å². The average Bonchev–Trinajstić information content (AvgIpc) is 2.87. The molecule has 11 heteroatoms. The fourth-order valence-electron chi connectivity index (χ4n) is 3.63. The maximum atomic E-state index is 13.8. The molecule has 0 radical (unpaired) electrons. The van der Waals surface area contributed by atoms with Crippen molar-refractivity contribution in [3.05, 3.63) is 92.9 Å². The molecule has 7 nitrogen and oxygen atoms in total. The molecule has 1 atom stereocenters. The van der Waals surface area contributed by atoms with Crippen LogP contribution in [0.4, 0.5) is 5.69 Å². The molecule has 0 saturated carbocycles. The Labute approximate surface area is 232 Å². The van der Waals surface area contributed by atoms with E-state index in [9.17, 15) is 18.0 Å². The fraction of sp³-hybridized carbons (Fsp3) is 0.231. The second kappa shape index (κ2) is 12.2. The average molecular weight is 583 g/mol. The van der Waals surface area contributed by atoms with Crippen molar-refractivity contribution in [2.45, 2.75) is 31.3 Å². The first-order chi connectivity index (χ1) is 17.4. The third kappa shape index (κ3) is 6.76. The molecule has 0 aliphatic rings. The lowest BCUT2D eigenvalue weighted by Gasteiger charge is -2.32. The third-order valence-electron chi connectivity index (χ3n) is 5.78. The lowest BCUT2D eigenvalue weighted by atomic mass is 10.1. The summed E-state index contributed by atoms with van der Waals surface area (Å²) in [4.78, 5) is 27.5.